The minimum atomic E-state index is -0.587. The number of carbonyl (C=O) groups excluding carboxylic acids is 1. The SMILES string of the molecule is O=C1OC=CC1n1c(COc2ccccc2)n[nH]c1=S. The number of benzene rings is 1. The van der Waals surface area contributed by atoms with E-state index in [1.165, 1.54) is 6.26 Å². The second kappa shape index (κ2) is 5.30. The highest BCUT2D eigenvalue weighted by atomic mass is 32.1. The zero-order chi connectivity index (χ0) is 13.9. The van der Waals surface area contributed by atoms with Gasteiger partial charge in [0.25, 0.3) is 0 Å². The molecule has 0 radical (unpaired) electrons. The number of H-pyrrole nitrogens is 1. The number of aromatic amines is 1. The van der Waals surface area contributed by atoms with E-state index in [0.717, 1.165) is 5.75 Å². The maximum Gasteiger partial charge on any atom is 0.338 e. The minimum Gasteiger partial charge on any atom is -0.486 e. The van der Waals surface area contributed by atoms with Crippen LogP contribution in [-0.2, 0) is 16.1 Å². The van der Waals surface area contributed by atoms with E-state index in [-0.39, 0.29) is 12.6 Å². The van der Waals surface area contributed by atoms with Gasteiger partial charge in [-0.15, -0.1) is 0 Å². The first kappa shape index (κ1) is 12.6. The molecule has 1 unspecified atom stereocenters. The lowest BCUT2D eigenvalue weighted by Gasteiger charge is -2.11. The van der Waals surface area contributed by atoms with Gasteiger partial charge in [0, 0.05) is 0 Å². The highest BCUT2D eigenvalue weighted by Gasteiger charge is 2.27. The molecule has 1 aromatic heterocycles. The molecule has 1 N–H and O–H groups in total. The van der Waals surface area contributed by atoms with Gasteiger partial charge in [-0.1, -0.05) is 18.2 Å². The first-order valence-electron chi connectivity index (χ1n) is 5.96. The highest BCUT2D eigenvalue weighted by Crippen LogP contribution is 2.20. The standard InChI is InChI=1S/C13H11N3O3S/c17-12-10(6-7-18-12)16-11(14-15-13(16)20)8-19-9-4-2-1-3-5-9/h1-7,10H,8H2,(H,15,20). The van der Waals surface area contributed by atoms with E-state index in [9.17, 15) is 4.79 Å². The van der Waals surface area contributed by atoms with E-state index in [1.807, 2.05) is 30.3 Å². The summed E-state index contributed by atoms with van der Waals surface area (Å²) in [5, 5.41) is 6.75. The van der Waals surface area contributed by atoms with Crippen molar-refractivity contribution in [3.8, 4) is 5.75 Å². The summed E-state index contributed by atoms with van der Waals surface area (Å²) < 4.78 is 12.3. The van der Waals surface area contributed by atoms with Crippen LogP contribution in [-0.4, -0.2) is 20.7 Å². The lowest BCUT2D eigenvalue weighted by Crippen LogP contribution is -2.18. The van der Waals surface area contributed by atoms with Crippen LogP contribution >= 0.6 is 12.2 Å². The van der Waals surface area contributed by atoms with Crippen LogP contribution in [0.25, 0.3) is 0 Å². The number of ether oxygens (including phenoxy) is 2. The molecule has 1 aromatic carbocycles. The van der Waals surface area contributed by atoms with Gasteiger partial charge in [0.05, 0.1) is 6.26 Å². The third kappa shape index (κ3) is 2.35. The van der Waals surface area contributed by atoms with Gasteiger partial charge in [-0.05, 0) is 30.4 Å². The molecular weight excluding hydrogens is 278 g/mol. The summed E-state index contributed by atoms with van der Waals surface area (Å²) in [6, 6.07) is 8.76. The van der Waals surface area contributed by atoms with E-state index < -0.39 is 6.04 Å². The molecular formula is C13H11N3O3S. The fourth-order valence-electron chi connectivity index (χ4n) is 1.91. The molecule has 1 atom stereocenters. The van der Waals surface area contributed by atoms with Crippen LogP contribution in [0.2, 0.25) is 0 Å². The number of cyclic esters (lactones) is 1. The maximum absolute atomic E-state index is 11.6. The van der Waals surface area contributed by atoms with Gasteiger partial charge in [-0.2, -0.15) is 5.10 Å². The molecule has 1 aliphatic rings. The number of rotatable bonds is 4. The lowest BCUT2D eigenvalue weighted by molar-refractivity contribution is -0.138. The summed E-state index contributed by atoms with van der Waals surface area (Å²) in [4.78, 5) is 11.6. The molecule has 0 saturated carbocycles. The van der Waals surface area contributed by atoms with Gasteiger partial charge in [-0.25, -0.2) is 4.79 Å². The van der Waals surface area contributed by atoms with E-state index >= 15 is 0 Å². The number of hydrogen-bond acceptors (Lipinski definition) is 5. The number of hydrogen-bond donors (Lipinski definition) is 1. The fraction of sp³-hybridized carbons (Fsp3) is 0.154. The summed E-state index contributed by atoms with van der Waals surface area (Å²) in [5.74, 6) is 0.869. The molecule has 7 heteroatoms. The number of nitrogens with one attached hydrogen (secondary N) is 1. The van der Waals surface area contributed by atoms with Gasteiger partial charge < -0.3 is 9.47 Å². The maximum atomic E-state index is 11.6. The Morgan fingerprint density at radius 1 is 1.40 bits per heavy atom. The molecule has 0 bridgehead atoms. The smallest absolute Gasteiger partial charge is 0.338 e. The highest BCUT2D eigenvalue weighted by molar-refractivity contribution is 7.71. The van der Waals surface area contributed by atoms with Crippen molar-refractivity contribution in [2.45, 2.75) is 12.6 Å². The summed E-state index contributed by atoms with van der Waals surface area (Å²) >= 11 is 5.14. The van der Waals surface area contributed by atoms with E-state index in [1.54, 1.807) is 10.6 Å². The van der Waals surface area contributed by atoms with Crippen LogP contribution in [0, 0.1) is 4.77 Å². The van der Waals surface area contributed by atoms with Gasteiger partial charge in [0.1, 0.15) is 12.4 Å². The van der Waals surface area contributed by atoms with Crippen molar-refractivity contribution in [3.05, 3.63) is 53.3 Å². The Morgan fingerprint density at radius 3 is 2.90 bits per heavy atom. The van der Waals surface area contributed by atoms with Crippen molar-refractivity contribution in [3.63, 3.8) is 0 Å². The van der Waals surface area contributed by atoms with Crippen molar-refractivity contribution in [1.82, 2.24) is 14.8 Å². The Kier molecular flexibility index (Phi) is 3.34. The zero-order valence-corrected chi connectivity index (χ0v) is 11.2. The van der Waals surface area contributed by atoms with Crippen molar-refractivity contribution >= 4 is 18.2 Å². The van der Waals surface area contributed by atoms with Crippen LogP contribution in [0.15, 0.2) is 42.7 Å². The number of esters is 1. The fourth-order valence-corrected chi connectivity index (χ4v) is 2.18. The second-order valence-corrected chi connectivity index (χ2v) is 4.51. The third-order valence-electron chi connectivity index (χ3n) is 2.85. The largest absolute Gasteiger partial charge is 0.486 e. The molecule has 6 nitrogen and oxygen atoms in total. The lowest BCUT2D eigenvalue weighted by atomic mass is 10.3. The normalized spacial score (nSPS) is 17.2. The number of aromatic nitrogens is 3. The number of nitrogens with zero attached hydrogens (tertiary/aromatic N) is 2. The number of para-hydroxylation sites is 1. The first-order chi connectivity index (χ1) is 9.75. The molecule has 3 rings (SSSR count). The van der Waals surface area contributed by atoms with Gasteiger partial charge in [-0.3, -0.25) is 9.67 Å². The average molecular weight is 289 g/mol. The Balaban J connectivity index is 1.82. The predicted molar refractivity (Wildman–Crippen MR) is 72.5 cm³/mol. The van der Waals surface area contributed by atoms with Gasteiger partial charge >= 0.3 is 5.97 Å². The molecule has 2 aromatic rings. The van der Waals surface area contributed by atoms with E-state index in [4.69, 9.17) is 21.7 Å². The monoisotopic (exact) mass is 289 g/mol. The van der Waals surface area contributed by atoms with Crippen LogP contribution < -0.4 is 4.74 Å². The summed E-state index contributed by atoms with van der Waals surface area (Å²) in [6.07, 6.45) is 2.98. The van der Waals surface area contributed by atoms with Gasteiger partial charge in [0.15, 0.2) is 16.6 Å². The van der Waals surface area contributed by atoms with Crippen LogP contribution in [0.5, 0.6) is 5.75 Å². The Labute approximate surface area is 119 Å². The predicted octanol–water partition coefficient (Wildman–Crippen LogP) is 2.13. The quantitative estimate of drug-likeness (QED) is 0.690. The summed E-state index contributed by atoms with van der Waals surface area (Å²) in [5.41, 5.74) is 0. The summed E-state index contributed by atoms with van der Waals surface area (Å²) in [6.45, 7) is 0.203. The molecule has 0 aliphatic carbocycles. The molecule has 102 valence electrons. The topological polar surface area (TPSA) is 69.1 Å². The Hall–Kier alpha value is -2.41. The summed E-state index contributed by atoms with van der Waals surface area (Å²) in [7, 11) is 0. The van der Waals surface area contributed by atoms with Crippen molar-refractivity contribution in [2.24, 2.45) is 0 Å². The second-order valence-electron chi connectivity index (χ2n) is 4.13. The first-order valence-corrected chi connectivity index (χ1v) is 6.37. The number of carbonyl (C=O) groups is 1. The van der Waals surface area contributed by atoms with E-state index in [2.05, 4.69) is 10.2 Å². The van der Waals surface area contributed by atoms with Crippen molar-refractivity contribution in [2.75, 3.05) is 0 Å². The third-order valence-corrected chi connectivity index (χ3v) is 3.14. The Morgan fingerprint density at radius 2 is 2.20 bits per heavy atom. The van der Waals surface area contributed by atoms with Crippen LogP contribution in [0.4, 0.5) is 0 Å². The van der Waals surface area contributed by atoms with Crippen LogP contribution in [0.3, 0.4) is 0 Å². The molecule has 0 spiro atoms. The Bertz CT molecular complexity index is 705. The zero-order valence-electron chi connectivity index (χ0n) is 10.4. The molecule has 2 heterocycles. The van der Waals surface area contributed by atoms with Crippen molar-refractivity contribution in [1.29, 1.82) is 0 Å². The van der Waals surface area contributed by atoms with Crippen molar-refractivity contribution < 1.29 is 14.3 Å². The minimum absolute atomic E-state index is 0.203. The molecule has 20 heavy (non-hydrogen) atoms. The molecule has 0 saturated heterocycles. The average Bonchev–Trinajstić information content (AvgIpc) is 3.03. The molecule has 0 fully saturated rings. The van der Waals surface area contributed by atoms with Crippen LogP contribution in [0.1, 0.15) is 11.9 Å². The molecule has 1 aliphatic heterocycles. The molecule has 0 amide bonds. The van der Waals surface area contributed by atoms with Gasteiger partial charge in [0.2, 0.25) is 0 Å². The van der Waals surface area contributed by atoms with E-state index in [0.29, 0.717) is 10.6 Å².